The van der Waals surface area contributed by atoms with Gasteiger partial charge in [-0.1, -0.05) is 51.1 Å². The second-order valence-electron chi connectivity index (χ2n) is 5.45. The number of nitrogens with zero attached hydrogens (tertiary/aromatic N) is 1. The molecule has 0 amide bonds. The highest BCUT2D eigenvalue weighted by molar-refractivity contribution is 7.15. The average molecular weight is 281 g/mol. The number of rotatable bonds is 3. The van der Waals surface area contributed by atoms with Crippen LogP contribution in [0, 0.1) is 0 Å². The van der Waals surface area contributed by atoms with Crippen LogP contribution in [0.2, 0.25) is 0 Å². The van der Waals surface area contributed by atoms with E-state index in [9.17, 15) is 0 Å². The van der Waals surface area contributed by atoms with E-state index in [0.29, 0.717) is 5.92 Å². The summed E-state index contributed by atoms with van der Waals surface area (Å²) >= 11 is 1.79. The maximum Gasteiger partial charge on any atom is 0.0928 e. The third-order valence-electron chi connectivity index (χ3n) is 3.67. The summed E-state index contributed by atoms with van der Waals surface area (Å²) in [6, 6.07) is 13.5. The molecular formula is C18H19NS. The van der Waals surface area contributed by atoms with Crippen LogP contribution in [0.15, 0.2) is 42.6 Å². The summed E-state index contributed by atoms with van der Waals surface area (Å²) in [5, 5.41) is 3.83. The van der Waals surface area contributed by atoms with Gasteiger partial charge in [0.1, 0.15) is 0 Å². The Morgan fingerprint density at radius 2 is 1.80 bits per heavy atom. The molecular weight excluding hydrogens is 262 g/mol. The number of aromatic nitrogens is 1. The Bertz CT molecular complexity index is 740. The topological polar surface area (TPSA) is 12.9 Å². The summed E-state index contributed by atoms with van der Waals surface area (Å²) in [6.07, 6.45) is 3.00. The van der Waals surface area contributed by atoms with Crippen LogP contribution in [0.25, 0.3) is 21.2 Å². The van der Waals surface area contributed by atoms with Crippen molar-refractivity contribution in [2.45, 2.75) is 33.1 Å². The molecule has 0 spiro atoms. The van der Waals surface area contributed by atoms with Crippen molar-refractivity contribution in [2.24, 2.45) is 0 Å². The Hall–Kier alpha value is -1.67. The minimum Gasteiger partial charge on any atom is -0.249 e. The summed E-state index contributed by atoms with van der Waals surface area (Å²) in [5.74, 6) is 0.577. The molecule has 2 aromatic carbocycles. The number of hydrogen-bond acceptors (Lipinski definition) is 2. The molecule has 0 aliphatic heterocycles. The molecule has 0 fully saturated rings. The third-order valence-corrected chi connectivity index (χ3v) is 4.86. The van der Waals surface area contributed by atoms with Crippen molar-refractivity contribution in [3.63, 3.8) is 0 Å². The van der Waals surface area contributed by atoms with E-state index in [1.807, 2.05) is 6.20 Å². The van der Waals surface area contributed by atoms with E-state index in [2.05, 4.69) is 62.2 Å². The summed E-state index contributed by atoms with van der Waals surface area (Å²) in [5.41, 5.74) is 2.67. The molecule has 0 unspecified atom stereocenters. The lowest BCUT2D eigenvalue weighted by atomic mass is 9.98. The second-order valence-corrected chi connectivity index (χ2v) is 6.56. The molecule has 0 aliphatic rings. The van der Waals surface area contributed by atoms with Crippen molar-refractivity contribution >= 4 is 22.1 Å². The van der Waals surface area contributed by atoms with Gasteiger partial charge in [0.2, 0.25) is 0 Å². The fraction of sp³-hybridized carbons (Fsp3) is 0.278. The zero-order valence-corrected chi connectivity index (χ0v) is 13.0. The van der Waals surface area contributed by atoms with E-state index in [0.717, 1.165) is 6.42 Å². The fourth-order valence-corrected chi connectivity index (χ4v) is 3.24. The summed E-state index contributed by atoms with van der Waals surface area (Å²) in [7, 11) is 0. The maximum absolute atomic E-state index is 4.45. The molecule has 3 aromatic rings. The van der Waals surface area contributed by atoms with Gasteiger partial charge in [-0.3, -0.25) is 0 Å². The van der Waals surface area contributed by atoms with Crippen LogP contribution in [0.3, 0.4) is 0 Å². The lowest BCUT2D eigenvalue weighted by Gasteiger charge is -2.07. The van der Waals surface area contributed by atoms with Crippen molar-refractivity contribution in [1.82, 2.24) is 4.98 Å². The number of benzene rings is 2. The van der Waals surface area contributed by atoms with Crippen LogP contribution in [0.4, 0.5) is 0 Å². The second kappa shape index (κ2) is 5.37. The predicted octanol–water partition coefficient (Wildman–Crippen LogP) is 5.65. The molecule has 0 saturated heterocycles. The lowest BCUT2D eigenvalue weighted by Crippen LogP contribution is -1.86. The highest BCUT2D eigenvalue weighted by atomic mass is 32.1. The molecule has 1 nitrogen and oxygen atoms in total. The Morgan fingerprint density at radius 3 is 2.50 bits per heavy atom. The van der Waals surface area contributed by atoms with Gasteiger partial charge in [-0.05, 0) is 40.3 Å². The van der Waals surface area contributed by atoms with Gasteiger partial charge in [-0.2, -0.15) is 0 Å². The molecule has 0 bridgehead atoms. The van der Waals surface area contributed by atoms with Gasteiger partial charge in [0.15, 0.2) is 0 Å². The summed E-state index contributed by atoms with van der Waals surface area (Å²) in [4.78, 5) is 5.71. The van der Waals surface area contributed by atoms with Crippen molar-refractivity contribution in [3.8, 4) is 10.4 Å². The summed E-state index contributed by atoms with van der Waals surface area (Å²) < 4.78 is 0. The number of aryl methyl sites for hydroxylation is 1. The normalized spacial score (nSPS) is 11.4. The quantitative estimate of drug-likeness (QED) is 0.604. The standard InChI is InChI=1S/C18H19NS/c1-4-18-19-11-17(20-18)16-8-7-14-9-13(12(2)3)5-6-15(14)10-16/h5-12H,4H2,1-3H3. The smallest absolute Gasteiger partial charge is 0.0928 e. The first-order valence-electron chi connectivity index (χ1n) is 7.16. The number of hydrogen-bond donors (Lipinski definition) is 0. The van der Waals surface area contributed by atoms with Gasteiger partial charge in [0, 0.05) is 6.20 Å². The molecule has 0 saturated carbocycles. The van der Waals surface area contributed by atoms with Crippen molar-refractivity contribution < 1.29 is 0 Å². The van der Waals surface area contributed by atoms with Crippen LogP contribution in [0.5, 0.6) is 0 Å². The van der Waals surface area contributed by atoms with E-state index in [4.69, 9.17) is 0 Å². The predicted molar refractivity (Wildman–Crippen MR) is 88.5 cm³/mol. The van der Waals surface area contributed by atoms with Gasteiger partial charge in [0.05, 0.1) is 9.88 Å². The van der Waals surface area contributed by atoms with E-state index in [1.54, 1.807) is 11.3 Å². The molecule has 0 N–H and O–H groups in total. The maximum atomic E-state index is 4.45. The molecule has 1 aromatic heterocycles. The molecule has 0 atom stereocenters. The fourth-order valence-electron chi connectivity index (χ4n) is 2.38. The van der Waals surface area contributed by atoms with E-state index in [1.165, 1.54) is 31.8 Å². The molecule has 0 aliphatic carbocycles. The lowest BCUT2D eigenvalue weighted by molar-refractivity contribution is 0.869. The summed E-state index contributed by atoms with van der Waals surface area (Å²) in [6.45, 7) is 6.62. The monoisotopic (exact) mass is 281 g/mol. The molecule has 0 radical (unpaired) electrons. The Labute approximate surface area is 124 Å². The van der Waals surface area contributed by atoms with Crippen molar-refractivity contribution in [3.05, 3.63) is 53.2 Å². The molecule has 102 valence electrons. The van der Waals surface area contributed by atoms with Crippen LogP contribution in [-0.4, -0.2) is 4.98 Å². The highest BCUT2D eigenvalue weighted by Crippen LogP contribution is 2.30. The van der Waals surface area contributed by atoms with E-state index in [-0.39, 0.29) is 0 Å². The van der Waals surface area contributed by atoms with Crippen molar-refractivity contribution in [2.75, 3.05) is 0 Å². The van der Waals surface area contributed by atoms with Gasteiger partial charge < -0.3 is 0 Å². The number of fused-ring (bicyclic) bond motifs is 1. The minimum atomic E-state index is 0.577. The van der Waals surface area contributed by atoms with Gasteiger partial charge in [-0.15, -0.1) is 11.3 Å². The Morgan fingerprint density at radius 1 is 1.05 bits per heavy atom. The van der Waals surface area contributed by atoms with Gasteiger partial charge in [-0.25, -0.2) is 4.98 Å². The van der Waals surface area contributed by atoms with E-state index >= 15 is 0 Å². The SMILES string of the molecule is CCc1ncc(-c2ccc3cc(C(C)C)ccc3c2)s1. The van der Waals surface area contributed by atoms with Gasteiger partial charge >= 0.3 is 0 Å². The van der Waals surface area contributed by atoms with Crippen molar-refractivity contribution in [1.29, 1.82) is 0 Å². The Kier molecular flexibility index (Phi) is 3.58. The zero-order chi connectivity index (χ0) is 14.1. The molecule has 2 heteroatoms. The number of thiazole rings is 1. The molecule has 20 heavy (non-hydrogen) atoms. The van der Waals surface area contributed by atoms with Crippen LogP contribution < -0.4 is 0 Å². The van der Waals surface area contributed by atoms with Crippen LogP contribution >= 0.6 is 11.3 Å². The molecule has 1 heterocycles. The van der Waals surface area contributed by atoms with Gasteiger partial charge in [0.25, 0.3) is 0 Å². The zero-order valence-electron chi connectivity index (χ0n) is 12.2. The largest absolute Gasteiger partial charge is 0.249 e. The van der Waals surface area contributed by atoms with Crippen LogP contribution in [-0.2, 0) is 6.42 Å². The average Bonchev–Trinajstić information content (AvgIpc) is 2.95. The first kappa shape index (κ1) is 13.3. The first-order chi connectivity index (χ1) is 9.67. The third kappa shape index (κ3) is 2.48. The highest BCUT2D eigenvalue weighted by Gasteiger charge is 2.05. The molecule has 3 rings (SSSR count). The first-order valence-corrected chi connectivity index (χ1v) is 7.98. The van der Waals surface area contributed by atoms with E-state index < -0.39 is 0 Å². The minimum absolute atomic E-state index is 0.577. The Balaban J connectivity index is 2.04. The van der Waals surface area contributed by atoms with Crippen LogP contribution in [0.1, 0.15) is 37.3 Å².